The standard InChI is InChI=1S/C30H39N5O7/c1-16(2)12-23(27(38)35-25(30(41)42)14-19-15-32-22-7-5-4-6-21(19)22)33-28(39)24(34-29(40)26(31)17(3)36)13-18-8-10-20(37)11-9-18/h4-11,15-17,23-26,32,36-37H,12-14,31H2,1-3H3,(H,33,39)(H,34,40)(H,35,38)(H,41,42). The van der Waals surface area contributed by atoms with Crippen LogP contribution >= 0.6 is 0 Å². The van der Waals surface area contributed by atoms with E-state index in [0.29, 0.717) is 11.1 Å². The van der Waals surface area contributed by atoms with Gasteiger partial charge < -0.3 is 42.0 Å². The second kappa shape index (κ2) is 14.5. The molecule has 0 saturated heterocycles. The number of H-pyrrole nitrogens is 1. The van der Waals surface area contributed by atoms with Crippen molar-refractivity contribution in [1.29, 1.82) is 0 Å². The molecule has 0 fully saturated rings. The summed E-state index contributed by atoms with van der Waals surface area (Å²) < 4.78 is 0. The topological polar surface area (TPSA) is 207 Å². The third-order valence-corrected chi connectivity index (χ3v) is 6.89. The number of aromatic nitrogens is 1. The van der Waals surface area contributed by atoms with Crippen LogP contribution in [0.4, 0.5) is 0 Å². The van der Waals surface area contributed by atoms with E-state index in [0.717, 1.165) is 10.9 Å². The average Bonchev–Trinajstić information content (AvgIpc) is 3.34. The van der Waals surface area contributed by atoms with Gasteiger partial charge in [-0.15, -0.1) is 0 Å². The fraction of sp³-hybridized carbons (Fsp3) is 0.400. The zero-order valence-electron chi connectivity index (χ0n) is 23.8. The highest BCUT2D eigenvalue weighted by Crippen LogP contribution is 2.19. The summed E-state index contributed by atoms with van der Waals surface area (Å²) >= 11 is 0. The van der Waals surface area contributed by atoms with Gasteiger partial charge in [0.25, 0.3) is 0 Å². The molecule has 3 amide bonds. The number of aliphatic carboxylic acids is 1. The van der Waals surface area contributed by atoms with Crippen molar-refractivity contribution in [3.63, 3.8) is 0 Å². The number of phenolic OH excluding ortho intramolecular Hbond substituents is 1. The Balaban J connectivity index is 1.79. The van der Waals surface area contributed by atoms with E-state index in [1.165, 1.54) is 19.1 Å². The number of hydrogen-bond acceptors (Lipinski definition) is 7. The molecule has 0 aliphatic rings. The fourth-order valence-corrected chi connectivity index (χ4v) is 4.53. The minimum Gasteiger partial charge on any atom is -0.508 e. The maximum Gasteiger partial charge on any atom is 0.326 e. The van der Waals surface area contributed by atoms with Gasteiger partial charge in [-0.05, 0) is 48.6 Å². The minimum atomic E-state index is -1.30. The summed E-state index contributed by atoms with van der Waals surface area (Å²) in [5.74, 6) is -3.40. The van der Waals surface area contributed by atoms with Gasteiger partial charge in [0.1, 0.15) is 29.9 Å². The number of nitrogens with two attached hydrogens (primary N) is 1. The number of rotatable bonds is 14. The van der Waals surface area contributed by atoms with Crippen LogP contribution in [0.15, 0.2) is 54.7 Å². The van der Waals surface area contributed by atoms with Gasteiger partial charge in [0.15, 0.2) is 0 Å². The van der Waals surface area contributed by atoms with Gasteiger partial charge in [-0.25, -0.2) is 4.79 Å². The first-order valence-electron chi connectivity index (χ1n) is 13.8. The predicted octanol–water partition coefficient (Wildman–Crippen LogP) is 0.952. The smallest absolute Gasteiger partial charge is 0.326 e. The molecule has 5 atom stereocenters. The van der Waals surface area contributed by atoms with E-state index in [2.05, 4.69) is 20.9 Å². The van der Waals surface area contributed by atoms with Crippen LogP contribution < -0.4 is 21.7 Å². The number of carboxylic acid groups (broad SMARTS) is 1. The number of benzene rings is 2. The molecule has 0 radical (unpaired) electrons. The first kappa shape index (κ1) is 32.1. The number of amides is 3. The van der Waals surface area contributed by atoms with Crippen LogP contribution in [0.25, 0.3) is 10.9 Å². The zero-order chi connectivity index (χ0) is 31.0. The highest BCUT2D eigenvalue weighted by Gasteiger charge is 2.32. The summed E-state index contributed by atoms with van der Waals surface area (Å²) in [5, 5.41) is 37.9. The first-order chi connectivity index (χ1) is 19.8. The van der Waals surface area contributed by atoms with Crippen molar-refractivity contribution in [2.75, 3.05) is 0 Å². The van der Waals surface area contributed by atoms with Crippen LogP contribution in [-0.4, -0.2) is 74.3 Å². The van der Waals surface area contributed by atoms with Gasteiger partial charge >= 0.3 is 5.97 Å². The van der Waals surface area contributed by atoms with Crippen LogP contribution in [0.2, 0.25) is 0 Å². The van der Waals surface area contributed by atoms with Crippen molar-refractivity contribution >= 4 is 34.6 Å². The van der Waals surface area contributed by atoms with Gasteiger partial charge in [0, 0.05) is 29.9 Å². The number of aromatic amines is 1. The number of nitrogens with one attached hydrogen (secondary N) is 4. The quantitative estimate of drug-likeness (QED) is 0.137. The van der Waals surface area contributed by atoms with E-state index in [1.54, 1.807) is 18.3 Å². The van der Waals surface area contributed by atoms with Gasteiger partial charge in [-0.1, -0.05) is 44.2 Å². The molecule has 0 spiro atoms. The molecule has 0 aliphatic carbocycles. The summed E-state index contributed by atoms with van der Waals surface area (Å²) in [7, 11) is 0. The number of aliphatic hydroxyl groups is 1. The molecular weight excluding hydrogens is 542 g/mol. The highest BCUT2D eigenvalue weighted by molar-refractivity contribution is 5.94. The van der Waals surface area contributed by atoms with Crippen LogP contribution in [-0.2, 0) is 32.0 Å². The Hall–Kier alpha value is -4.42. The number of para-hydroxylation sites is 1. The molecule has 0 aliphatic heterocycles. The second-order valence-electron chi connectivity index (χ2n) is 10.9. The normalized spacial score (nSPS) is 14.9. The van der Waals surface area contributed by atoms with Crippen molar-refractivity contribution in [2.45, 2.75) is 70.3 Å². The van der Waals surface area contributed by atoms with Crippen molar-refractivity contribution in [2.24, 2.45) is 11.7 Å². The van der Waals surface area contributed by atoms with Gasteiger partial charge in [0.05, 0.1) is 6.10 Å². The van der Waals surface area contributed by atoms with E-state index < -0.39 is 54.0 Å². The monoisotopic (exact) mass is 581 g/mol. The molecule has 226 valence electrons. The van der Waals surface area contributed by atoms with Gasteiger partial charge in [-0.2, -0.15) is 0 Å². The summed E-state index contributed by atoms with van der Waals surface area (Å²) in [6.45, 7) is 5.05. The third-order valence-electron chi connectivity index (χ3n) is 6.89. The van der Waals surface area contributed by atoms with Crippen molar-refractivity contribution < 1.29 is 34.5 Å². The summed E-state index contributed by atoms with van der Waals surface area (Å²) in [6.07, 6.45) is 0.744. The lowest BCUT2D eigenvalue weighted by molar-refractivity contribution is -0.142. The lowest BCUT2D eigenvalue weighted by Gasteiger charge is -2.26. The molecule has 9 N–H and O–H groups in total. The van der Waals surface area contributed by atoms with Crippen LogP contribution in [0.5, 0.6) is 5.75 Å². The molecule has 0 saturated carbocycles. The average molecular weight is 582 g/mol. The third kappa shape index (κ3) is 8.79. The highest BCUT2D eigenvalue weighted by atomic mass is 16.4. The Morgan fingerprint density at radius 3 is 2.05 bits per heavy atom. The lowest BCUT2D eigenvalue weighted by Crippen LogP contribution is -2.59. The first-order valence-corrected chi connectivity index (χ1v) is 13.8. The SMILES string of the molecule is CC(C)CC(NC(=O)C(Cc1ccc(O)cc1)NC(=O)C(N)C(C)O)C(=O)NC(Cc1c[nH]c2ccccc12)C(=O)O. The zero-order valence-corrected chi connectivity index (χ0v) is 23.8. The minimum absolute atomic E-state index is 0.00127. The number of phenols is 1. The maximum absolute atomic E-state index is 13.5. The molecular formula is C30H39N5O7. The van der Waals surface area contributed by atoms with E-state index in [1.807, 2.05) is 38.1 Å². The molecule has 3 rings (SSSR count). The number of hydrogen-bond donors (Lipinski definition) is 8. The molecule has 12 heteroatoms. The molecule has 1 heterocycles. The van der Waals surface area contributed by atoms with Crippen molar-refractivity contribution in [1.82, 2.24) is 20.9 Å². The van der Waals surface area contributed by atoms with Crippen LogP contribution in [0, 0.1) is 5.92 Å². The second-order valence-corrected chi connectivity index (χ2v) is 10.9. The number of carbonyl (C=O) groups excluding carboxylic acids is 3. The summed E-state index contributed by atoms with van der Waals surface area (Å²) in [5.41, 5.74) is 7.92. The van der Waals surface area contributed by atoms with Gasteiger partial charge in [-0.3, -0.25) is 14.4 Å². The van der Waals surface area contributed by atoms with E-state index >= 15 is 0 Å². The summed E-state index contributed by atoms with van der Waals surface area (Å²) in [4.78, 5) is 54.7. The molecule has 3 aromatic rings. The van der Waals surface area contributed by atoms with E-state index in [9.17, 15) is 34.5 Å². The number of aromatic hydroxyl groups is 1. The Bertz CT molecular complexity index is 1390. The number of carbonyl (C=O) groups is 4. The summed E-state index contributed by atoms with van der Waals surface area (Å²) in [6, 6.07) is 8.59. The number of aliphatic hydroxyl groups excluding tert-OH is 1. The fourth-order valence-electron chi connectivity index (χ4n) is 4.53. The molecule has 42 heavy (non-hydrogen) atoms. The predicted molar refractivity (Wildman–Crippen MR) is 156 cm³/mol. The lowest BCUT2D eigenvalue weighted by atomic mass is 9.99. The van der Waals surface area contributed by atoms with Gasteiger partial charge in [0.2, 0.25) is 17.7 Å². The van der Waals surface area contributed by atoms with E-state index in [-0.39, 0.29) is 30.9 Å². The molecule has 5 unspecified atom stereocenters. The Morgan fingerprint density at radius 1 is 0.833 bits per heavy atom. The number of carboxylic acids is 1. The Labute approximate surface area is 243 Å². The number of fused-ring (bicyclic) bond motifs is 1. The maximum atomic E-state index is 13.5. The largest absolute Gasteiger partial charge is 0.508 e. The van der Waals surface area contributed by atoms with Crippen molar-refractivity contribution in [3.8, 4) is 5.75 Å². The molecule has 0 bridgehead atoms. The van der Waals surface area contributed by atoms with E-state index in [4.69, 9.17) is 5.73 Å². The molecule has 12 nitrogen and oxygen atoms in total. The molecule has 1 aromatic heterocycles. The van der Waals surface area contributed by atoms with Crippen LogP contribution in [0.1, 0.15) is 38.3 Å². The molecule has 2 aromatic carbocycles. The van der Waals surface area contributed by atoms with Crippen LogP contribution in [0.3, 0.4) is 0 Å². The Kier molecular flexibility index (Phi) is 11.1. The Morgan fingerprint density at radius 2 is 1.43 bits per heavy atom. The van der Waals surface area contributed by atoms with Crippen molar-refractivity contribution in [3.05, 3.63) is 65.9 Å².